The van der Waals surface area contributed by atoms with Gasteiger partial charge in [-0.05, 0) is 67.9 Å². The molecule has 0 aromatic heterocycles. The first-order valence-electron chi connectivity index (χ1n) is 10.4. The van der Waals surface area contributed by atoms with Crippen LogP contribution in [-0.4, -0.2) is 34.6 Å². The molecule has 1 saturated carbocycles. The molecule has 0 unspecified atom stereocenters. The number of rotatable bonds is 7. The topological polar surface area (TPSA) is 33.7 Å². The maximum Gasteiger partial charge on any atom is 0.228 e. The highest BCUT2D eigenvalue weighted by Crippen LogP contribution is 2.39. The quantitative estimate of drug-likeness (QED) is 0.456. The van der Waals surface area contributed by atoms with E-state index in [0.717, 1.165) is 37.8 Å². The van der Waals surface area contributed by atoms with Gasteiger partial charge in [0.2, 0.25) is 8.32 Å². The van der Waals surface area contributed by atoms with Crippen molar-refractivity contribution < 1.29 is 9.26 Å². The summed E-state index contributed by atoms with van der Waals surface area (Å²) in [5, 5.41) is 5.98. The minimum Gasteiger partial charge on any atom is -0.381 e. The van der Waals surface area contributed by atoms with Gasteiger partial charge in [-0.1, -0.05) is 33.8 Å². The van der Waals surface area contributed by atoms with Gasteiger partial charge in [-0.15, -0.1) is 0 Å². The highest BCUT2D eigenvalue weighted by Gasteiger charge is 2.39. The second kappa shape index (κ2) is 8.97. The zero-order chi connectivity index (χ0) is 20.2. The van der Waals surface area contributed by atoms with Crippen LogP contribution in [0.2, 0.25) is 18.1 Å². The molecule has 0 radical (unpaired) electrons. The van der Waals surface area contributed by atoms with Crippen molar-refractivity contribution in [2.75, 3.05) is 24.5 Å². The first-order valence-corrected chi connectivity index (χ1v) is 13.3. The number of anilines is 2. The van der Waals surface area contributed by atoms with E-state index >= 15 is 0 Å². The molecule has 1 aliphatic carbocycles. The molecule has 2 rings (SSSR count). The Balaban J connectivity index is 2.19. The van der Waals surface area contributed by atoms with Gasteiger partial charge in [-0.25, -0.2) is 0 Å². The summed E-state index contributed by atoms with van der Waals surface area (Å²) in [6, 6.07) is 7.23. The first-order chi connectivity index (χ1) is 12.6. The van der Waals surface area contributed by atoms with Gasteiger partial charge in [0, 0.05) is 20.2 Å². The van der Waals surface area contributed by atoms with Crippen LogP contribution < -0.4 is 10.4 Å². The minimum atomic E-state index is -1.89. The summed E-state index contributed by atoms with van der Waals surface area (Å²) in [5.74, 6) is 0. The number of nitrogens with zero attached hydrogens (tertiary/aromatic N) is 1. The van der Waals surface area contributed by atoms with Gasteiger partial charge >= 0.3 is 0 Å². The second-order valence-electron chi connectivity index (χ2n) is 9.41. The number of aryl methyl sites for hydroxylation is 1. The molecule has 0 saturated heterocycles. The smallest absolute Gasteiger partial charge is 0.228 e. The summed E-state index contributed by atoms with van der Waals surface area (Å²) in [6.45, 7) is 13.6. The highest BCUT2D eigenvalue weighted by molar-refractivity contribution is 6.74. The summed E-state index contributed by atoms with van der Waals surface area (Å²) >= 11 is 0. The lowest BCUT2D eigenvalue weighted by atomic mass is 9.92. The molecule has 1 N–H and O–H groups in total. The third-order valence-corrected chi connectivity index (χ3v) is 10.7. The van der Waals surface area contributed by atoms with E-state index in [4.69, 9.17) is 9.26 Å². The van der Waals surface area contributed by atoms with Crippen molar-refractivity contribution in [1.29, 1.82) is 0 Å². The predicted molar refractivity (Wildman–Crippen MR) is 119 cm³/mol. The molecule has 154 valence electrons. The third-order valence-electron chi connectivity index (χ3n) is 6.35. The minimum absolute atomic E-state index is 0.176. The summed E-state index contributed by atoms with van der Waals surface area (Å²) in [7, 11) is 2.00. The van der Waals surface area contributed by atoms with Gasteiger partial charge in [-0.3, -0.25) is 5.06 Å². The van der Waals surface area contributed by atoms with Crippen molar-refractivity contribution >= 4 is 19.7 Å². The zero-order valence-electron chi connectivity index (χ0n) is 18.7. The Morgan fingerprint density at radius 2 is 1.78 bits per heavy atom. The largest absolute Gasteiger partial charge is 0.381 e. The van der Waals surface area contributed by atoms with Gasteiger partial charge < -0.3 is 14.6 Å². The standard InChI is InChI=1S/C22H40N2O2Si/c1-9-17-10-15-20(23-18-11-13-19(25-6)14-12-18)21(16-17)24(5)26-27(7,8)22(2,3)4/h10,15-16,18-19,23H,9,11-14H2,1-8H3/t18-,19-. The highest BCUT2D eigenvalue weighted by atomic mass is 28.4. The average Bonchev–Trinajstić information content (AvgIpc) is 2.61. The maximum atomic E-state index is 6.56. The summed E-state index contributed by atoms with van der Waals surface area (Å²) in [5.41, 5.74) is 3.66. The molecule has 1 fully saturated rings. The van der Waals surface area contributed by atoms with E-state index in [1.54, 1.807) is 0 Å². The number of hydroxylamine groups is 1. The van der Waals surface area contributed by atoms with Crippen LogP contribution in [0.25, 0.3) is 0 Å². The maximum absolute atomic E-state index is 6.56. The Morgan fingerprint density at radius 3 is 2.30 bits per heavy atom. The van der Waals surface area contributed by atoms with Gasteiger partial charge in [-0.2, -0.15) is 0 Å². The number of hydrogen-bond donors (Lipinski definition) is 1. The van der Waals surface area contributed by atoms with Crippen LogP contribution >= 0.6 is 0 Å². The molecular weight excluding hydrogens is 352 g/mol. The van der Waals surface area contributed by atoms with Crippen LogP contribution in [-0.2, 0) is 15.7 Å². The normalized spacial score (nSPS) is 21.2. The molecular formula is C22H40N2O2Si. The van der Waals surface area contributed by atoms with Gasteiger partial charge in [0.1, 0.15) is 0 Å². The molecule has 1 aliphatic rings. The van der Waals surface area contributed by atoms with Crippen LogP contribution in [0.4, 0.5) is 11.4 Å². The van der Waals surface area contributed by atoms with E-state index in [2.05, 4.69) is 71.4 Å². The van der Waals surface area contributed by atoms with Crippen LogP contribution in [0.5, 0.6) is 0 Å². The van der Waals surface area contributed by atoms with Crippen molar-refractivity contribution in [2.45, 2.75) is 90.1 Å². The fraction of sp³-hybridized carbons (Fsp3) is 0.727. The second-order valence-corrected chi connectivity index (χ2v) is 14.1. The molecule has 0 amide bonds. The monoisotopic (exact) mass is 392 g/mol. The number of ether oxygens (including phenoxy) is 1. The molecule has 0 bridgehead atoms. The van der Waals surface area contributed by atoms with E-state index in [9.17, 15) is 0 Å². The fourth-order valence-electron chi connectivity index (χ4n) is 3.37. The Kier molecular flexibility index (Phi) is 7.39. The lowest BCUT2D eigenvalue weighted by Crippen LogP contribution is -2.46. The molecule has 1 aromatic rings. The van der Waals surface area contributed by atoms with Crippen molar-refractivity contribution in [1.82, 2.24) is 0 Å². The van der Waals surface area contributed by atoms with Crippen molar-refractivity contribution in [3.05, 3.63) is 23.8 Å². The first kappa shape index (κ1) is 22.2. The van der Waals surface area contributed by atoms with Crippen LogP contribution in [0.1, 0.15) is 58.9 Å². The van der Waals surface area contributed by atoms with Crippen molar-refractivity contribution in [2.24, 2.45) is 0 Å². The number of benzene rings is 1. The van der Waals surface area contributed by atoms with E-state index in [1.165, 1.54) is 11.3 Å². The number of methoxy groups -OCH3 is 1. The molecule has 0 atom stereocenters. The molecule has 0 heterocycles. The van der Waals surface area contributed by atoms with Gasteiger partial charge in [0.25, 0.3) is 0 Å². The molecule has 1 aromatic carbocycles. The van der Waals surface area contributed by atoms with E-state index in [0.29, 0.717) is 12.1 Å². The lowest BCUT2D eigenvalue weighted by Gasteiger charge is -2.40. The van der Waals surface area contributed by atoms with Crippen LogP contribution in [0.15, 0.2) is 18.2 Å². The fourth-order valence-corrected chi connectivity index (χ4v) is 4.43. The Labute approximate surface area is 167 Å². The SMILES string of the molecule is CCc1ccc(N[C@H]2CC[C@H](OC)CC2)c(N(C)O[Si](C)(C)C(C)(C)C)c1. The van der Waals surface area contributed by atoms with E-state index < -0.39 is 8.32 Å². The molecule has 5 heteroatoms. The summed E-state index contributed by atoms with van der Waals surface area (Å²) < 4.78 is 12.1. The predicted octanol–water partition coefficient (Wildman–Crippen LogP) is 5.99. The van der Waals surface area contributed by atoms with Gasteiger partial charge in [0.05, 0.1) is 17.5 Å². The third kappa shape index (κ3) is 5.72. The lowest BCUT2D eigenvalue weighted by molar-refractivity contribution is 0.0682. The Bertz CT molecular complexity index is 605. The Morgan fingerprint density at radius 1 is 1.15 bits per heavy atom. The molecule has 27 heavy (non-hydrogen) atoms. The van der Waals surface area contributed by atoms with Crippen molar-refractivity contribution in [3.8, 4) is 0 Å². The summed E-state index contributed by atoms with van der Waals surface area (Å²) in [6.07, 6.45) is 6.02. The molecule has 0 spiro atoms. The van der Waals surface area contributed by atoms with E-state index in [-0.39, 0.29) is 5.04 Å². The number of hydrogen-bond acceptors (Lipinski definition) is 4. The Hall–Kier alpha value is -1.04. The number of nitrogens with one attached hydrogen (secondary N) is 1. The molecule has 4 nitrogen and oxygen atoms in total. The average molecular weight is 393 g/mol. The zero-order valence-corrected chi connectivity index (χ0v) is 19.7. The van der Waals surface area contributed by atoms with Gasteiger partial charge in [0.15, 0.2) is 0 Å². The molecule has 0 aliphatic heterocycles. The van der Waals surface area contributed by atoms with E-state index in [1.807, 2.05) is 12.2 Å². The van der Waals surface area contributed by atoms with Crippen LogP contribution in [0.3, 0.4) is 0 Å². The van der Waals surface area contributed by atoms with Crippen molar-refractivity contribution in [3.63, 3.8) is 0 Å². The summed E-state index contributed by atoms with van der Waals surface area (Å²) in [4.78, 5) is 0. The van der Waals surface area contributed by atoms with Crippen LogP contribution in [0, 0.1) is 0 Å².